The predicted octanol–water partition coefficient (Wildman–Crippen LogP) is 5.25. The van der Waals surface area contributed by atoms with Crippen LogP contribution in [-0.4, -0.2) is 31.5 Å². The standard InChI is InChI=1S/C20H33N3O2SSi/c1-20(2,3)27(4,5)24-14-18-22-19(23-25-18)16-9-12-26-17(16)13-15-7-6-10-21-11-8-15/h9,12,15,21H,6-8,10-11,13-14H2,1-5H3. The Hall–Kier alpha value is -1.02. The first kappa shape index (κ1) is 20.7. The summed E-state index contributed by atoms with van der Waals surface area (Å²) in [7, 11) is -1.82. The molecule has 3 rings (SSSR count). The number of aromatic nitrogens is 2. The van der Waals surface area contributed by atoms with Crippen molar-refractivity contribution in [1.82, 2.24) is 15.5 Å². The molecule has 0 spiro atoms. The maximum absolute atomic E-state index is 6.21. The van der Waals surface area contributed by atoms with Crippen molar-refractivity contribution in [3.63, 3.8) is 0 Å². The van der Waals surface area contributed by atoms with Gasteiger partial charge in [0.2, 0.25) is 5.82 Å². The fraction of sp³-hybridized carbons (Fsp3) is 0.700. The van der Waals surface area contributed by atoms with Gasteiger partial charge in [-0.15, -0.1) is 11.3 Å². The maximum atomic E-state index is 6.21. The summed E-state index contributed by atoms with van der Waals surface area (Å²) in [6.45, 7) is 13.9. The quantitative estimate of drug-likeness (QED) is 0.663. The van der Waals surface area contributed by atoms with Crippen LogP contribution in [0.5, 0.6) is 0 Å². The Morgan fingerprint density at radius 1 is 1.30 bits per heavy atom. The molecule has 7 heteroatoms. The van der Waals surface area contributed by atoms with Crippen LogP contribution >= 0.6 is 11.3 Å². The van der Waals surface area contributed by atoms with E-state index in [1.165, 1.54) is 24.1 Å². The van der Waals surface area contributed by atoms with Crippen molar-refractivity contribution in [2.75, 3.05) is 13.1 Å². The SMILES string of the molecule is CC(C)(C)[Si](C)(C)OCc1nc(-c2ccsc2CC2CCCNCC2)no1. The Bertz CT molecular complexity index is 728. The van der Waals surface area contributed by atoms with Gasteiger partial charge in [-0.2, -0.15) is 4.98 Å². The van der Waals surface area contributed by atoms with Crippen LogP contribution in [0.3, 0.4) is 0 Å². The van der Waals surface area contributed by atoms with E-state index in [1.54, 1.807) is 0 Å². The van der Waals surface area contributed by atoms with E-state index in [2.05, 4.69) is 60.8 Å². The molecule has 1 aliphatic heterocycles. The molecule has 1 aliphatic rings. The van der Waals surface area contributed by atoms with E-state index in [0.717, 1.165) is 31.0 Å². The lowest BCUT2D eigenvalue weighted by atomic mass is 9.95. The zero-order valence-corrected chi connectivity index (χ0v) is 19.1. The van der Waals surface area contributed by atoms with Crippen LogP contribution in [0.25, 0.3) is 11.4 Å². The smallest absolute Gasteiger partial charge is 0.251 e. The van der Waals surface area contributed by atoms with Gasteiger partial charge in [0.05, 0.1) is 0 Å². The van der Waals surface area contributed by atoms with Crippen LogP contribution in [0.1, 0.15) is 50.8 Å². The summed E-state index contributed by atoms with van der Waals surface area (Å²) in [5.74, 6) is 2.02. The summed E-state index contributed by atoms with van der Waals surface area (Å²) in [4.78, 5) is 6.00. The van der Waals surface area contributed by atoms with Crippen LogP contribution in [0, 0.1) is 5.92 Å². The Balaban J connectivity index is 1.66. The van der Waals surface area contributed by atoms with Gasteiger partial charge in [-0.1, -0.05) is 25.9 Å². The Morgan fingerprint density at radius 2 is 2.11 bits per heavy atom. The Labute approximate surface area is 168 Å². The van der Waals surface area contributed by atoms with Crippen molar-refractivity contribution in [3.05, 3.63) is 22.2 Å². The first-order valence-electron chi connectivity index (χ1n) is 10.0. The lowest BCUT2D eigenvalue weighted by Gasteiger charge is -2.35. The van der Waals surface area contributed by atoms with E-state index in [4.69, 9.17) is 8.95 Å². The van der Waals surface area contributed by atoms with Gasteiger partial charge in [-0.25, -0.2) is 0 Å². The fourth-order valence-electron chi connectivity index (χ4n) is 3.14. The molecule has 150 valence electrons. The number of nitrogens with one attached hydrogen (secondary N) is 1. The molecule has 1 N–H and O–H groups in total. The summed E-state index contributed by atoms with van der Waals surface area (Å²) in [6, 6.07) is 2.12. The molecule has 0 radical (unpaired) electrons. The topological polar surface area (TPSA) is 60.2 Å². The molecular formula is C20H33N3O2SSi. The average Bonchev–Trinajstić information content (AvgIpc) is 3.16. The second-order valence-electron chi connectivity index (χ2n) is 9.07. The maximum Gasteiger partial charge on any atom is 0.251 e. The molecule has 1 fully saturated rings. The molecule has 5 nitrogen and oxygen atoms in total. The summed E-state index contributed by atoms with van der Waals surface area (Å²) < 4.78 is 11.7. The molecule has 2 aromatic heterocycles. The van der Waals surface area contributed by atoms with Gasteiger partial charge < -0.3 is 14.3 Å². The third-order valence-corrected chi connectivity index (χ3v) is 11.4. The van der Waals surface area contributed by atoms with E-state index >= 15 is 0 Å². The predicted molar refractivity (Wildman–Crippen MR) is 114 cm³/mol. The minimum absolute atomic E-state index is 0.171. The zero-order valence-electron chi connectivity index (χ0n) is 17.3. The third-order valence-electron chi connectivity index (χ3n) is 5.99. The molecular weight excluding hydrogens is 374 g/mol. The van der Waals surface area contributed by atoms with Crippen LogP contribution in [-0.2, 0) is 17.5 Å². The highest BCUT2D eigenvalue weighted by Crippen LogP contribution is 2.37. The molecule has 0 bridgehead atoms. The fourth-order valence-corrected chi connectivity index (χ4v) is 5.04. The highest BCUT2D eigenvalue weighted by molar-refractivity contribution is 7.10. The first-order valence-corrected chi connectivity index (χ1v) is 13.8. The molecule has 0 amide bonds. The van der Waals surface area contributed by atoms with Gasteiger partial charge in [-0.3, -0.25) is 0 Å². The van der Waals surface area contributed by atoms with Gasteiger partial charge in [0.1, 0.15) is 6.61 Å². The first-order chi connectivity index (χ1) is 12.8. The van der Waals surface area contributed by atoms with Crippen molar-refractivity contribution in [2.45, 2.75) is 71.2 Å². The van der Waals surface area contributed by atoms with Gasteiger partial charge in [-0.05, 0) is 74.3 Å². The number of nitrogens with zero attached hydrogens (tertiary/aromatic N) is 2. The highest BCUT2D eigenvalue weighted by atomic mass is 32.1. The highest BCUT2D eigenvalue weighted by Gasteiger charge is 2.37. The number of thiophene rings is 1. The van der Waals surface area contributed by atoms with E-state index in [0.29, 0.717) is 18.3 Å². The normalized spacial score (nSPS) is 19.2. The number of rotatable bonds is 6. The molecule has 1 saturated heterocycles. The molecule has 0 aliphatic carbocycles. The van der Waals surface area contributed by atoms with Crippen molar-refractivity contribution >= 4 is 19.7 Å². The minimum atomic E-state index is -1.82. The molecule has 0 saturated carbocycles. The molecule has 27 heavy (non-hydrogen) atoms. The summed E-state index contributed by atoms with van der Waals surface area (Å²) >= 11 is 1.81. The largest absolute Gasteiger partial charge is 0.407 e. The van der Waals surface area contributed by atoms with Gasteiger partial charge in [0.15, 0.2) is 8.32 Å². The van der Waals surface area contributed by atoms with Crippen molar-refractivity contribution in [2.24, 2.45) is 5.92 Å². The van der Waals surface area contributed by atoms with Crippen molar-refractivity contribution in [1.29, 1.82) is 0 Å². The van der Waals surface area contributed by atoms with Crippen LogP contribution in [0.2, 0.25) is 18.1 Å². The second-order valence-corrected chi connectivity index (χ2v) is 14.9. The van der Waals surface area contributed by atoms with Crippen LogP contribution in [0.4, 0.5) is 0 Å². The van der Waals surface area contributed by atoms with Gasteiger partial charge in [0.25, 0.3) is 5.89 Å². The average molecular weight is 408 g/mol. The lowest BCUT2D eigenvalue weighted by molar-refractivity contribution is 0.224. The summed E-state index contributed by atoms with van der Waals surface area (Å²) in [5.41, 5.74) is 1.12. The molecule has 1 unspecified atom stereocenters. The number of hydrogen-bond acceptors (Lipinski definition) is 6. The van der Waals surface area contributed by atoms with Crippen molar-refractivity contribution < 1.29 is 8.95 Å². The summed E-state index contributed by atoms with van der Waals surface area (Å²) in [5, 5.41) is 10.0. The van der Waals surface area contributed by atoms with E-state index < -0.39 is 8.32 Å². The lowest BCUT2D eigenvalue weighted by Crippen LogP contribution is -2.40. The second kappa shape index (κ2) is 8.55. The monoisotopic (exact) mass is 407 g/mol. The molecule has 0 aromatic carbocycles. The van der Waals surface area contributed by atoms with E-state index in [9.17, 15) is 0 Å². The van der Waals surface area contributed by atoms with Crippen molar-refractivity contribution in [3.8, 4) is 11.4 Å². The Morgan fingerprint density at radius 3 is 2.89 bits per heavy atom. The van der Waals surface area contributed by atoms with E-state index in [1.807, 2.05) is 11.3 Å². The minimum Gasteiger partial charge on any atom is -0.407 e. The van der Waals surface area contributed by atoms with Gasteiger partial charge in [0, 0.05) is 10.4 Å². The molecule has 1 atom stereocenters. The van der Waals surface area contributed by atoms with Crippen LogP contribution < -0.4 is 5.32 Å². The van der Waals surface area contributed by atoms with Gasteiger partial charge >= 0.3 is 0 Å². The number of hydrogen-bond donors (Lipinski definition) is 1. The van der Waals surface area contributed by atoms with Crippen LogP contribution in [0.15, 0.2) is 16.0 Å². The van der Waals surface area contributed by atoms with E-state index in [-0.39, 0.29) is 5.04 Å². The Kier molecular flexibility index (Phi) is 6.56. The molecule has 3 heterocycles. The summed E-state index contributed by atoms with van der Waals surface area (Å²) in [6.07, 6.45) is 4.92. The molecule has 2 aromatic rings. The zero-order chi connectivity index (χ0) is 19.5. The third kappa shape index (κ3) is 5.28.